The number of Topliss-reactive ketones (excluding diaryl/α,β-unsaturated/α-hetero) is 1. The molecule has 1 atom stereocenters. The fourth-order valence-corrected chi connectivity index (χ4v) is 9.16. The van der Waals surface area contributed by atoms with Gasteiger partial charge in [0.2, 0.25) is 17.8 Å². The Morgan fingerprint density at radius 2 is 1.75 bits per heavy atom. The summed E-state index contributed by atoms with van der Waals surface area (Å²) in [5.74, 6) is -1.53. The molecule has 1 aliphatic carbocycles. The fraction of sp³-hybridized carbons (Fsp3) is 0.432. The largest absolute Gasteiger partial charge is 0.382 e. The molecule has 64 heavy (non-hydrogen) atoms. The SMILES string of the molecule is CC(=O)c1c(C)c2cnc(Nc3ccc(N4CCN(Cc5cn(CCOCCNc6cccc7c6C(=O)N(C6CCC(=O)NC6=O)C7=O)nn5)CC4)cn3)nc2n(C2CCCC2)c1=O. The lowest BCUT2D eigenvalue weighted by Gasteiger charge is -2.35. The molecule has 20 heteroatoms. The number of ketones is 1. The summed E-state index contributed by atoms with van der Waals surface area (Å²) in [5.41, 5.74) is 3.81. The molecular weight excluding hydrogens is 823 g/mol. The number of fused-ring (bicyclic) bond motifs is 2. The first-order valence-corrected chi connectivity index (χ1v) is 21.7. The maximum absolute atomic E-state index is 13.6. The Morgan fingerprint density at radius 3 is 2.50 bits per heavy atom. The van der Waals surface area contributed by atoms with Gasteiger partial charge in [-0.15, -0.1) is 5.10 Å². The van der Waals surface area contributed by atoms with Crippen molar-refractivity contribution < 1.29 is 28.7 Å². The molecule has 1 unspecified atom stereocenters. The standard InChI is InChI=1S/C44H49N13O7/c1-26-32-23-47-44(50-39(32)56(29-6-3-4-7-29)42(62)37(26)27(2)58)48-35-12-10-30(22-46-35)54-17-15-53(16-18-54)24-28-25-55(52-51-28)19-21-64-20-14-45-33-9-5-8-31-38(33)43(63)57(41(31)61)34-11-13-36(59)49-40(34)60/h5,8-10,12,22-23,25,29,34,45H,3-4,6-7,11,13-21,24H2,1-2H3,(H,49,59,60)(H,46,47,48,50). The average Bonchev–Trinajstić information content (AvgIpc) is 4.04. The number of piperidine rings is 1. The number of anilines is 4. The number of aryl methyl sites for hydroxylation is 1. The van der Waals surface area contributed by atoms with Gasteiger partial charge in [-0.2, -0.15) is 4.98 Å². The van der Waals surface area contributed by atoms with E-state index in [-0.39, 0.29) is 46.9 Å². The molecule has 3 N–H and O–H groups in total. The number of aromatic nitrogens is 7. The zero-order valence-corrected chi connectivity index (χ0v) is 35.7. The molecule has 7 heterocycles. The number of ether oxygens (including phenoxy) is 1. The van der Waals surface area contributed by atoms with Crippen LogP contribution in [0.5, 0.6) is 0 Å². The van der Waals surface area contributed by atoms with Gasteiger partial charge < -0.3 is 20.3 Å². The summed E-state index contributed by atoms with van der Waals surface area (Å²) in [6.07, 6.45) is 9.39. The third-order valence-electron chi connectivity index (χ3n) is 12.4. The lowest BCUT2D eigenvalue weighted by molar-refractivity contribution is -0.136. The van der Waals surface area contributed by atoms with Gasteiger partial charge in [-0.1, -0.05) is 24.1 Å². The van der Waals surface area contributed by atoms with Gasteiger partial charge in [-0.25, -0.2) is 14.6 Å². The van der Waals surface area contributed by atoms with Gasteiger partial charge in [0, 0.05) is 75.2 Å². The normalized spacial score (nSPS) is 18.2. The highest BCUT2D eigenvalue weighted by molar-refractivity contribution is 6.25. The van der Waals surface area contributed by atoms with Crippen LogP contribution >= 0.6 is 0 Å². The lowest BCUT2D eigenvalue weighted by Crippen LogP contribution is -2.54. The van der Waals surface area contributed by atoms with Crippen molar-refractivity contribution in [2.45, 2.75) is 77.5 Å². The molecular formula is C44H49N13O7. The van der Waals surface area contributed by atoms with Crippen LogP contribution in [-0.2, 0) is 27.4 Å². The van der Waals surface area contributed by atoms with Crippen LogP contribution in [-0.4, -0.2) is 126 Å². The van der Waals surface area contributed by atoms with Gasteiger partial charge in [-0.3, -0.25) is 48.5 Å². The Labute approximate surface area is 367 Å². The zero-order chi connectivity index (χ0) is 44.5. The molecule has 5 aromatic rings. The van der Waals surface area contributed by atoms with Gasteiger partial charge >= 0.3 is 0 Å². The fourth-order valence-electron chi connectivity index (χ4n) is 9.16. The van der Waals surface area contributed by atoms with Gasteiger partial charge in [0.05, 0.1) is 54.0 Å². The van der Waals surface area contributed by atoms with E-state index in [1.54, 1.807) is 40.6 Å². The van der Waals surface area contributed by atoms with Crippen LogP contribution < -0.4 is 26.4 Å². The van der Waals surface area contributed by atoms with Crippen molar-refractivity contribution in [2.75, 3.05) is 61.5 Å². The first-order chi connectivity index (χ1) is 31.0. The number of piperazine rings is 1. The minimum absolute atomic E-state index is 0.00294. The number of nitrogens with one attached hydrogen (secondary N) is 3. The summed E-state index contributed by atoms with van der Waals surface area (Å²) in [4.78, 5) is 96.0. The summed E-state index contributed by atoms with van der Waals surface area (Å²) in [5, 5.41) is 17.9. The molecule has 1 saturated carbocycles. The van der Waals surface area contributed by atoms with Crippen LogP contribution in [0.25, 0.3) is 11.0 Å². The maximum Gasteiger partial charge on any atom is 0.264 e. The minimum atomic E-state index is -1.02. The smallest absolute Gasteiger partial charge is 0.264 e. The van der Waals surface area contributed by atoms with Crippen LogP contribution in [0.3, 0.4) is 0 Å². The molecule has 0 radical (unpaired) electrons. The van der Waals surface area contributed by atoms with E-state index < -0.39 is 29.7 Å². The predicted octanol–water partition coefficient (Wildman–Crippen LogP) is 3.00. The molecule has 9 rings (SSSR count). The molecule has 3 aliphatic heterocycles. The first kappa shape index (κ1) is 42.4. The Bertz CT molecular complexity index is 2700. The molecule has 0 bridgehead atoms. The number of imide groups is 2. The van der Waals surface area contributed by atoms with Gasteiger partial charge in [0.15, 0.2) is 5.78 Å². The van der Waals surface area contributed by atoms with Crippen molar-refractivity contribution in [2.24, 2.45) is 0 Å². The second-order valence-corrected chi connectivity index (χ2v) is 16.6. The third-order valence-corrected chi connectivity index (χ3v) is 12.4. The quantitative estimate of drug-likeness (QED) is 0.0780. The van der Waals surface area contributed by atoms with Crippen LogP contribution in [0.15, 0.2) is 53.7 Å². The number of pyridine rings is 2. The highest BCUT2D eigenvalue weighted by atomic mass is 16.5. The Kier molecular flexibility index (Phi) is 11.9. The van der Waals surface area contributed by atoms with Gasteiger partial charge in [-0.05, 0) is 62.9 Å². The maximum atomic E-state index is 13.6. The van der Waals surface area contributed by atoms with E-state index >= 15 is 0 Å². The molecule has 0 spiro atoms. The van der Waals surface area contributed by atoms with Gasteiger partial charge in [0.1, 0.15) is 17.5 Å². The van der Waals surface area contributed by atoms with Crippen molar-refractivity contribution in [3.8, 4) is 0 Å². The Morgan fingerprint density at radius 1 is 0.938 bits per heavy atom. The lowest BCUT2D eigenvalue weighted by atomic mass is 10.0. The minimum Gasteiger partial charge on any atom is -0.382 e. The number of amides is 4. The van der Waals surface area contributed by atoms with Crippen molar-refractivity contribution in [3.63, 3.8) is 0 Å². The van der Waals surface area contributed by atoms with Gasteiger partial charge in [0.25, 0.3) is 17.4 Å². The van der Waals surface area contributed by atoms with E-state index in [0.717, 1.165) is 68.1 Å². The number of nitrogens with zero attached hydrogens (tertiary/aromatic N) is 10. The molecule has 4 aromatic heterocycles. The van der Waals surface area contributed by atoms with Crippen LogP contribution in [0.4, 0.5) is 23.1 Å². The predicted molar refractivity (Wildman–Crippen MR) is 233 cm³/mol. The molecule has 4 aliphatic rings. The van der Waals surface area contributed by atoms with E-state index in [1.807, 2.05) is 24.5 Å². The summed E-state index contributed by atoms with van der Waals surface area (Å²) in [6.45, 7) is 8.77. The summed E-state index contributed by atoms with van der Waals surface area (Å²) in [7, 11) is 0. The number of rotatable bonds is 15. The van der Waals surface area contributed by atoms with Crippen molar-refractivity contribution >= 4 is 63.6 Å². The summed E-state index contributed by atoms with van der Waals surface area (Å²) >= 11 is 0. The second-order valence-electron chi connectivity index (χ2n) is 16.6. The van der Waals surface area contributed by atoms with Crippen molar-refractivity contribution in [1.82, 2.24) is 49.6 Å². The molecule has 332 valence electrons. The van der Waals surface area contributed by atoms with Crippen molar-refractivity contribution in [3.05, 3.63) is 87.2 Å². The van der Waals surface area contributed by atoms with E-state index in [9.17, 15) is 28.8 Å². The third kappa shape index (κ3) is 8.45. The van der Waals surface area contributed by atoms with E-state index in [0.29, 0.717) is 66.9 Å². The van der Waals surface area contributed by atoms with E-state index in [2.05, 4.69) is 46.0 Å². The second kappa shape index (κ2) is 18.0. The molecule has 3 fully saturated rings. The highest BCUT2D eigenvalue weighted by Gasteiger charge is 2.45. The molecule has 1 aromatic carbocycles. The number of carbonyl (C=O) groups is 5. The molecule has 4 amide bonds. The van der Waals surface area contributed by atoms with Crippen LogP contribution in [0, 0.1) is 6.92 Å². The number of carbonyl (C=O) groups excluding carboxylic acids is 5. The Hall–Kier alpha value is -6.93. The Balaban J connectivity index is 0.717. The van der Waals surface area contributed by atoms with Crippen molar-refractivity contribution in [1.29, 1.82) is 0 Å². The molecule has 20 nitrogen and oxygen atoms in total. The zero-order valence-electron chi connectivity index (χ0n) is 35.7. The average molecular weight is 872 g/mol. The van der Waals surface area contributed by atoms with E-state index in [4.69, 9.17) is 9.72 Å². The number of benzene rings is 1. The van der Waals surface area contributed by atoms with E-state index in [1.165, 1.54) is 6.92 Å². The molecule has 2 saturated heterocycles. The number of hydrogen-bond acceptors (Lipinski definition) is 16. The topological polar surface area (TPSA) is 232 Å². The highest BCUT2D eigenvalue weighted by Crippen LogP contribution is 2.34. The van der Waals surface area contributed by atoms with Crippen LogP contribution in [0.2, 0.25) is 0 Å². The first-order valence-electron chi connectivity index (χ1n) is 21.7. The number of hydrogen-bond donors (Lipinski definition) is 3. The summed E-state index contributed by atoms with van der Waals surface area (Å²) < 4.78 is 9.28. The monoisotopic (exact) mass is 871 g/mol. The van der Waals surface area contributed by atoms with Crippen LogP contribution in [0.1, 0.15) is 93.8 Å². The summed E-state index contributed by atoms with van der Waals surface area (Å²) in [6, 6.07) is 7.82.